The lowest BCUT2D eigenvalue weighted by molar-refractivity contribution is -0.137. The molecule has 0 atom stereocenters. The average Bonchev–Trinajstić information content (AvgIpc) is 2.47. The van der Waals surface area contributed by atoms with Crippen LogP contribution in [0.5, 0.6) is 11.5 Å². The van der Waals surface area contributed by atoms with E-state index >= 15 is 0 Å². The third-order valence-electron chi connectivity index (χ3n) is 3.02. The summed E-state index contributed by atoms with van der Waals surface area (Å²) >= 11 is 0. The van der Waals surface area contributed by atoms with Crippen LogP contribution < -0.4 is 4.74 Å². The first-order valence-corrected chi connectivity index (χ1v) is 7.92. The SMILES string of the molecule is CN(C)S(=O)(=O)c1ccc(Oc2ccc(C(F)(F)F)cc2)cc1. The van der Waals surface area contributed by atoms with Gasteiger partial charge in [-0.15, -0.1) is 0 Å². The molecule has 0 saturated heterocycles. The molecule has 8 heteroatoms. The number of benzene rings is 2. The lowest BCUT2D eigenvalue weighted by Gasteiger charge is -2.12. The molecule has 0 fully saturated rings. The minimum absolute atomic E-state index is 0.0993. The summed E-state index contributed by atoms with van der Waals surface area (Å²) in [6, 6.07) is 9.85. The van der Waals surface area contributed by atoms with E-state index < -0.39 is 21.8 Å². The average molecular weight is 345 g/mol. The molecule has 0 unspecified atom stereocenters. The fourth-order valence-electron chi connectivity index (χ4n) is 1.74. The second kappa shape index (κ2) is 6.21. The van der Waals surface area contributed by atoms with Crippen LogP contribution in [-0.4, -0.2) is 26.8 Å². The van der Waals surface area contributed by atoms with Crippen molar-refractivity contribution < 1.29 is 26.3 Å². The second-order valence-electron chi connectivity index (χ2n) is 4.88. The molecule has 0 saturated carbocycles. The highest BCUT2D eigenvalue weighted by atomic mass is 32.2. The molecule has 4 nitrogen and oxygen atoms in total. The zero-order valence-corrected chi connectivity index (χ0v) is 13.1. The molecule has 0 heterocycles. The summed E-state index contributed by atoms with van der Waals surface area (Å²) in [6.07, 6.45) is -4.40. The Bertz CT molecular complexity index is 767. The lowest BCUT2D eigenvalue weighted by atomic mass is 10.2. The molecule has 2 aromatic rings. The summed E-state index contributed by atoms with van der Waals surface area (Å²) in [4.78, 5) is 0.0993. The van der Waals surface area contributed by atoms with Crippen LogP contribution in [0.25, 0.3) is 0 Å². The highest BCUT2D eigenvalue weighted by molar-refractivity contribution is 7.89. The van der Waals surface area contributed by atoms with Crippen molar-refractivity contribution in [2.75, 3.05) is 14.1 Å². The summed E-state index contributed by atoms with van der Waals surface area (Å²) in [5.74, 6) is 0.545. The van der Waals surface area contributed by atoms with Crippen molar-refractivity contribution in [3.63, 3.8) is 0 Å². The number of nitrogens with zero attached hydrogens (tertiary/aromatic N) is 1. The molecule has 2 rings (SSSR count). The molecule has 0 spiro atoms. The fraction of sp³-hybridized carbons (Fsp3) is 0.200. The Labute approximate surface area is 132 Å². The van der Waals surface area contributed by atoms with E-state index in [9.17, 15) is 21.6 Å². The Morgan fingerprint density at radius 3 is 1.70 bits per heavy atom. The molecule has 0 aliphatic carbocycles. The van der Waals surface area contributed by atoms with Crippen molar-refractivity contribution in [1.82, 2.24) is 4.31 Å². The van der Waals surface area contributed by atoms with E-state index in [2.05, 4.69) is 0 Å². The minimum Gasteiger partial charge on any atom is -0.457 e. The van der Waals surface area contributed by atoms with Gasteiger partial charge in [-0.25, -0.2) is 12.7 Å². The van der Waals surface area contributed by atoms with E-state index in [0.717, 1.165) is 16.4 Å². The maximum Gasteiger partial charge on any atom is 0.416 e. The molecule has 0 amide bonds. The number of ether oxygens (including phenoxy) is 1. The smallest absolute Gasteiger partial charge is 0.416 e. The number of hydrogen-bond donors (Lipinski definition) is 0. The van der Waals surface area contributed by atoms with Gasteiger partial charge in [0.25, 0.3) is 0 Å². The monoisotopic (exact) mass is 345 g/mol. The molecule has 0 N–H and O–H groups in total. The third kappa shape index (κ3) is 4.02. The first kappa shape index (κ1) is 17.3. The number of alkyl halides is 3. The van der Waals surface area contributed by atoms with E-state index in [-0.39, 0.29) is 10.6 Å². The zero-order valence-electron chi connectivity index (χ0n) is 12.3. The van der Waals surface area contributed by atoms with Gasteiger partial charge >= 0.3 is 6.18 Å². The molecule has 23 heavy (non-hydrogen) atoms. The van der Waals surface area contributed by atoms with Gasteiger partial charge in [0.1, 0.15) is 11.5 Å². The van der Waals surface area contributed by atoms with E-state index in [0.29, 0.717) is 5.75 Å². The third-order valence-corrected chi connectivity index (χ3v) is 4.85. The van der Waals surface area contributed by atoms with Crippen LogP contribution in [0.2, 0.25) is 0 Å². The van der Waals surface area contributed by atoms with Gasteiger partial charge in [0.05, 0.1) is 10.5 Å². The number of rotatable bonds is 4. The normalized spacial score (nSPS) is 12.4. The predicted octanol–water partition coefficient (Wildman–Crippen LogP) is 3.75. The van der Waals surface area contributed by atoms with Crippen LogP contribution in [0.3, 0.4) is 0 Å². The number of sulfonamides is 1. The molecular weight excluding hydrogens is 331 g/mol. The first-order chi connectivity index (χ1) is 10.6. The second-order valence-corrected chi connectivity index (χ2v) is 7.03. The maximum atomic E-state index is 12.5. The zero-order chi connectivity index (χ0) is 17.3. The molecule has 0 aromatic heterocycles. The van der Waals surface area contributed by atoms with E-state index in [1.165, 1.54) is 50.5 Å². The quantitative estimate of drug-likeness (QED) is 0.848. The van der Waals surface area contributed by atoms with Gasteiger partial charge in [-0.05, 0) is 48.5 Å². The predicted molar refractivity (Wildman–Crippen MR) is 78.8 cm³/mol. The summed E-state index contributed by atoms with van der Waals surface area (Å²) in [7, 11) is -0.699. The standard InChI is InChI=1S/C15H14F3NO3S/c1-19(2)23(20,21)14-9-7-13(8-10-14)22-12-5-3-11(4-6-12)15(16,17)18/h3-10H,1-2H3. The highest BCUT2D eigenvalue weighted by Crippen LogP contribution is 2.31. The number of halogens is 3. The van der Waals surface area contributed by atoms with E-state index in [1.54, 1.807) is 0 Å². The van der Waals surface area contributed by atoms with Crippen LogP contribution in [0, 0.1) is 0 Å². The van der Waals surface area contributed by atoms with E-state index in [1.807, 2.05) is 0 Å². The molecule has 124 valence electrons. The van der Waals surface area contributed by atoms with E-state index in [4.69, 9.17) is 4.74 Å². The maximum absolute atomic E-state index is 12.5. The molecule has 0 aliphatic rings. The fourth-order valence-corrected chi connectivity index (χ4v) is 2.64. The van der Waals surface area contributed by atoms with Crippen LogP contribution in [0.15, 0.2) is 53.4 Å². The Hall–Kier alpha value is -2.06. The van der Waals surface area contributed by atoms with Gasteiger partial charge in [0.15, 0.2) is 0 Å². The van der Waals surface area contributed by atoms with Crippen LogP contribution in [-0.2, 0) is 16.2 Å². The van der Waals surface area contributed by atoms with Gasteiger partial charge in [-0.2, -0.15) is 13.2 Å². The van der Waals surface area contributed by atoms with Crippen molar-refractivity contribution in [2.45, 2.75) is 11.1 Å². The molecule has 0 bridgehead atoms. The highest BCUT2D eigenvalue weighted by Gasteiger charge is 2.30. The Morgan fingerprint density at radius 1 is 0.870 bits per heavy atom. The lowest BCUT2D eigenvalue weighted by Crippen LogP contribution is -2.22. The van der Waals surface area contributed by atoms with Crippen molar-refractivity contribution in [3.05, 3.63) is 54.1 Å². The largest absolute Gasteiger partial charge is 0.457 e. The number of hydrogen-bond acceptors (Lipinski definition) is 3. The van der Waals surface area contributed by atoms with Crippen LogP contribution in [0.1, 0.15) is 5.56 Å². The summed E-state index contributed by atoms with van der Waals surface area (Å²) in [5, 5.41) is 0. The Balaban J connectivity index is 2.16. The summed E-state index contributed by atoms with van der Waals surface area (Å²) < 4.78 is 67.7. The Morgan fingerprint density at radius 2 is 1.30 bits per heavy atom. The van der Waals surface area contributed by atoms with Gasteiger partial charge < -0.3 is 4.74 Å². The van der Waals surface area contributed by atoms with Gasteiger partial charge in [0, 0.05) is 14.1 Å². The molecule has 0 radical (unpaired) electrons. The van der Waals surface area contributed by atoms with Crippen molar-refractivity contribution in [1.29, 1.82) is 0 Å². The van der Waals surface area contributed by atoms with Crippen molar-refractivity contribution >= 4 is 10.0 Å². The van der Waals surface area contributed by atoms with Crippen molar-refractivity contribution in [2.24, 2.45) is 0 Å². The van der Waals surface area contributed by atoms with Crippen molar-refractivity contribution in [3.8, 4) is 11.5 Å². The molecular formula is C15H14F3NO3S. The summed E-state index contributed by atoms with van der Waals surface area (Å²) in [6.45, 7) is 0. The molecule has 0 aliphatic heterocycles. The van der Waals surface area contributed by atoms with Gasteiger partial charge in [0.2, 0.25) is 10.0 Å². The van der Waals surface area contributed by atoms with Crippen LogP contribution in [0.4, 0.5) is 13.2 Å². The van der Waals surface area contributed by atoms with Gasteiger partial charge in [-0.3, -0.25) is 0 Å². The summed E-state index contributed by atoms with van der Waals surface area (Å²) in [5.41, 5.74) is -0.766. The molecule has 2 aromatic carbocycles. The first-order valence-electron chi connectivity index (χ1n) is 6.48. The Kier molecular flexibility index (Phi) is 4.67. The van der Waals surface area contributed by atoms with Gasteiger partial charge in [-0.1, -0.05) is 0 Å². The topological polar surface area (TPSA) is 46.6 Å². The van der Waals surface area contributed by atoms with Crippen LogP contribution >= 0.6 is 0 Å². The minimum atomic E-state index is -4.40.